The maximum atomic E-state index is 11.9. The summed E-state index contributed by atoms with van der Waals surface area (Å²) in [7, 11) is 0. The fraction of sp³-hybridized carbons (Fsp3) is 0.750. The number of aliphatic carboxylic acids is 1. The van der Waals surface area contributed by atoms with Crippen molar-refractivity contribution in [3.8, 4) is 0 Å². The first-order valence-corrected chi connectivity index (χ1v) is 6.37. The van der Waals surface area contributed by atoms with Gasteiger partial charge in [-0.25, -0.2) is 9.59 Å². The van der Waals surface area contributed by atoms with Crippen LogP contribution in [-0.2, 0) is 9.59 Å². The molecule has 3 amide bonds. The van der Waals surface area contributed by atoms with Crippen molar-refractivity contribution in [1.82, 2.24) is 10.2 Å². The summed E-state index contributed by atoms with van der Waals surface area (Å²) in [6.45, 7) is 5.38. The Morgan fingerprint density at radius 3 is 2.47 bits per heavy atom. The van der Waals surface area contributed by atoms with E-state index in [4.69, 9.17) is 10.8 Å². The van der Waals surface area contributed by atoms with Crippen LogP contribution in [-0.4, -0.2) is 47.0 Å². The number of carboxylic acids is 1. The van der Waals surface area contributed by atoms with E-state index in [0.29, 0.717) is 24.9 Å². The lowest BCUT2D eigenvalue weighted by Gasteiger charge is -2.35. The number of carbonyl (C=O) groups is 3. The number of carboxylic acid groups (broad SMARTS) is 1. The zero-order valence-electron chi connectivity index (χ0n) is 11.3. The van der Waals surface area contributed by atoms with Gasteiger partial charge in [0.15, 0.2) is 0 Å². The molecule has 0 aliphatic carbocycles. The van der Waals surface area contributed by atoms with Crippen LogP contribution in [0.1, 0.15) is 26.7 Å². The van der Waals surface area contributed by atoms with Gasteiger partial charge in [0.05, 0.1) is 6.42 Å². The molecule has 19 heavy (non-hydrogen) atoms. The number of hydrogen-bond acceptors (Lipinski definition) is 3. The van der Waals surface area contributed by atoms with Crippen LogP contribution < -0.4 is 11.1 Å². The highest BCUT2D eigenvalue weighted by molar-refractivity contribution is 5.87. The first kappa shape index (κ1) is 15.3. The molecule has 3 atom stereocenters. The number of hydrogen-bond donors (Lipinski definition) is 3. The monoisotopic (exact) mass is 271 g/mol. The standard InChI is InChI=1S/C12H21N3O4/c1-7-3-4-15(6-8(7)2)12(19)14-9(11(17)18)5-10(13)16/h7-9H,3-6H2,1-2H3,(H2,13,16)(H,14,19)(H,17,18)/t7?,8?,9-/m0/s1. The zero-order chi connectivity index (χ0) is 14.6. The molecule has 0 aromatic heterocycles. The van der Waals surface area contributed by atoms with Gasteiger partial charge >= 0.3 is 12.0 Å². The fourth-order valence-corrected chi connectivity index (χ4v) is 2.09. The Morgan fingerprint density at radius 2 is 2.00 bits per heavy atom. The van der Waals surface area contributed by atoms with E-state index in [9.17, 15) is 14.4 Å². The SMILES string of the molecule is CC1CCN(C(=O)N[C@@H](CC(N)=O)C(=O)O)CC1C. The summed E-state index contributed by atoms with van der Waals surface area (Å²) in [6, 6.07) is -1.72. The van der Waals surface area contributed by atoms with Crippen LogP contribution in [0, 0.1) is 11.8 Å². The molecule has 2 unspecified atom stereocenters. The Morgan fingerprint density at radius 1 is 1.37 bits per heavy atom. The van der Waals surface area contributed by atoms with Crippen LogP contribution >= 0.6 is 0 Å². The van der Waals surface area contributed by atoms with Gasteiger partial charge in [0, 0.05) is 13.1 Å². The summed E-state index contributed by atoms with van der Waals surface area (Å²) in [5.41, 5.74) is 4.96. The maximum absolute atomic E-state index is 11.9. The van der Waals surface area contributed by atoms with Crippen molar-refractivity contribution in [1.29, 1.82) is 0 Å². The van der Waals surface area contributed by atoms with Crippen LogP contribution in [0.4, 0.5) is 4.79 Å². The molecule has 0 radical (unpaired) electrons. The van der Waals surface area contributed by atoms with Crippen LogP contribution in [0.25, 0.3) is 0 Å². The number of urea groups is 1. The van der Waals surface area contributed by atoms with Crippen molar-refractivity contribution in [2.75, 3.05) is 13.1 Å². The lowest BCUT2D eigenvalue weighted by atomic mass is 9.89. The lowest BCUT2D eigenvalue weighted by molar-refractivity contribution is -0.141. The molecule has 0 spiro atoms. The van der Waals surface area contributed by atoms with Crippen molar-refractivity contribution in [2.45, 2.75) is 32.7 Å². The van der Waals surface area contributed by atoms with E-state index in [-0.39, 0.29) is 0 Å². The predicted molar refractivity (Wildman–Crippen MR) is 68.3 cm³/mol. The molecule has 0 bridgehead atoms. The second kappa shape index (κ2) is 6.40. The van der Waals surface area contributed by atoms with Crippen molar-refractivity contribution < 1.29 is 19.5 Å². The molecule has 4 N–H and O–H groups in total. The van der Waals surface area contributed by atoms with Crippen molar-refractivity contribution in [3.05, 3.63) is 0 Å². The zero-order valence-corrected chi connectivity index (χ0v) is 11.3. The van der Waals surface area contributed by atoms with Gasteiger partial charge in [-0.2, -0.15) is 0 Å². The quantitative estimate of drug-likeness (QED) is 0.668. The number of piperidine rings is 1. The molecule has 1 fully saturated rings. The van der Waals surface area contributed by atoms with E-state index in [1.165, 1.54) is 0 Å². The van der Waals surface area contributed by atoms with E-state index < -0.39 is 30.4 Å². The third-order valence-corrected chi connectivity index (χ3v) is 3.62. The largest absolute Gasteiger partial charge is 0.480 e. The Kier molecular flexibility index (Phi) is 5.14. The number of nitrogens with zero attached hydrogens (tertiary/aromatic N) is 1. The summed E-state index contributed by atoms with van der Waals surface area (Å²) in [5, 5.41) is 11.3. The van der Waals surface area contributed by atoms with Gasteiger partial charge in [0.25, 0.3) is 0 Å². The molecule has 7 heteroatoms. The van der Waals surface area contributed by atoms with E-state index in [1.807, 2.05) is 0 Å². The third-order valence-electron chi connectivity index (χ3n) is 3.62. The van der Waals surface area contributed by atoms with Crippen LogP contribution in [0.2, 0.25) is 0 Å². The molecular weight excluding hydrogens is 250 g/mol. The Hall–Kier alpha value is -1.79. The molecule has 1 rings (SSSR count). The first-order valence-electron chi connectivity index (χ1n) is 6.37. The molecule has 7 nitrogen and oxygen atoms in total. The molecular formula is C12H21N3O4. The first-order chi connectivity index (χ1) is 8.81. The summed E-state index contributed by atoms with van der Waals surface area (Å²) < 4.78 is 0. The maximum Gasteiger partial charge on any atom is 0.326 e. The molecule has 1 aliphatic heterocycles. The van der Waals surface area contributed by atoms with Gasteiger partial charge in [-0.05, 0) is 18.3 Å². The van der Waals surface area contributed by atoms with Gasteiger partial charge in [-0.3, -0.25) is 4.79 Å². The van der Waals surface area contributed by atoms with Gasteiger partial charge in [0.2, 0.25) is 5.91 Å². The third kappa shape index (κ3) is 4.42. The minimum atomic E-state index is -1.26. The van der Waals surface area contributed by atoms with Crippen molar-refractivity contribution >= 4 is 17.9 Å². The van der Waals surface area contributed by atoms with Gasteiger partial charge in [-0.15, -0.1) is 0 Å². The number of amides is 3. The number of nitrogens with two attached hydrogens (primary N) is 1. The molecule has 0 aromatic carbocycles. The fourth-order valence-electron chi connectivity index (χ4n) is 2.09. The summed E-state index contributed by atoms with van der Waals surface area (Å²) in [5.74, 6) is -1.09. The number of primary amides is 1. The molecule has 0 saturated carbocycles. The van der Waals surface area contributed by atoms with Crippen molar-refractivity contribution in [3.63, 3.8) is 0 Å². The average Bonchev–Trinajstić information content (AvgIpc) is 2.31. The minimum Gasteiger partial charge on any atom is -0.480 e. The molecule has 108 valence electrons. The van der Waals surface area contributed by atoms with E-state index >= 15 is 0 Å². The summed E-state index contributed by atoms with van der Waals surface area (Å²) in [6.07, 6.45) is 0.489. The normalized spacial score (nSPS) is 24.6. The molecule has 1 aliphatic rings. The van der Waals surface area contributed by atoms with Gasteiger partial charge in [-0.1, -0.05) is 13.8 Å². The van der Waals surface area contributed by atoms with Crippen molar-refractivity contribution in [2.24, 2.45) is 17.6 Å². The average molecular weight is 271 g/mol. The van der Waals surface area contributed by atoms with Crippen LogP contribution in [0.15, 0.2) is 0 Å². The summed E-state index contributed by atoms with van der Waals surface area (Å²) >= 11 is 0. The van der Waals surface area contributed by atoms with E-state index in [2.05, 4.69) is 19.2 Å². The number of rotatable bonds is 4. The number of nitrogens with one attached hydrogen (secondary N) is 1. The van der Waals surface area contributed by atoms with Gasteiger partial charge in [0.1, 0.15) is 6.04 Å². The highest BCUT2D eigenvalue weighted by atomic mass is 16.4. The highest BCUT2D eigenvalue weighted by Crippen LogP contribution is 2.22. The summed E-state index contributed by atoms with van der Waals surface area (Å²) in [4.78, 5) is 35.2. The number of carbonyl (C=O) groups excluding carboxylic acids is 2. The molecule has 1 heterocycles. The smallest absolute Gasteiger partial charge is 0.326 e. The van der Waals surface area contributed by atoms with Crippen LogP contribution in [0.3, 0.4) is 0 Å². The Balaban J connectivity index is 2.57. The highest BCUT2D eigenvalue weighted by Gasteiger charge is 2.29. The van der Waals surface area contributed by atoms with E-state index in [0.717, 1.165) is 6.42 Å². The minimum absolute atomic E-state index is 0.374. The topological polar surface area (TPSA) is 113 Å². The second-order valence-corrected chi connectivity index (χ2v) is 5.20. The van der Waals surface area contributed by atoms with Gasteiger partial charge < -0.3 is 21.1 Å². The Labute approximate surface area is 112 Å². The van der Waals surface area contributed by atoms with E-state index in [1.54, 1.807) is 4.90 Å². The second-order valence-electron chi connectivity index (χ2n) is 5.20. The van der Waals surface area contributed by atoms with Crippen LogP contribution in [0.5, 0.6) is 0 Å². The predicted octanol–water partition coefficient (Wildman–Crippen LogP) is 0.00250. The lowest BCUT2D eigenvalue weighted by Crippen LogP contribution is -2.52. The molecule has 0 aromatic rings. The molecule has 1 saturated heterocycles. The Bertz CT molecular complexity index is 372. The number of likely N-dealkylation sites (tertiary alicyclic amines) is 1.